The number of nitrogens with zero attached hydrogens (tertiary/aromatic N) is 1. The zero-order valence-corrected chi connectivity index (χ0v) is 14.2. The van der Waals surface area contributed by atoms with Crippen LogP contribution in [-0.2, 0) is 4.79 Å². The highest BCUT2D eigenvalue weighted by Crippen LogP contribution is 2.16. The van der Waals surface area contributed by atoms with E-state index in [2.05, 4.69) is 16.6 Å². The van der Waals surface area contributed by atoms with Gasteiger partial charge >= 0.3 is 0 Å². The van der Waals surface area contributed by atoms with Crippen molar-refractivity contribution in [3.05, 3.63) is 52.5 Å². The van der Waals surface area contributed by atoms with Crippen LogP contribution in [-0.4, -0.2) is 18.2 Å². The van der Waals surface area contributed by atoms with Gasteiger partial charge in [-0.15, -0.1) is 0 Å². The Bertz CT molecular complexity index is 724. The minimum absolute atomic E-state index is 0.0803. The predicted octanol–water partition coefficient (Wildman–Crippen LogP) is 3.43. The Morgan fingerprint density at radius 3 is 2.35 bits per heavy atom. The fourth-order valence-corrected chi connectivity index (χ4v) is 2.39. The molecule has 1 aromatic heterocycles. The summed E-state index contributed by atoms with van der Waals surface area (Å²) in [6, 6.07) is 7.74. The van der Waals surface area contributed by atoms with Gasteiger partial charge in [-0.1, -0.05) is 6.07 Å². The summed E-state index contributed by atoms with van der Waals surface area (Å²) in [6.07, 6.45) is 0. The van der Waals surface area contributed by atoms with Gasteiger partial charge in [-0.2, -0.15) is 5.10 Å². The summed E-state index contributed by atoms with van der Waals surface area (Å²) in [7, 11) is 0. The summed E-state index contributed by atoms with van der Waals surface area (Å²) in [5.74, 6) is 1.97. The zero-order valence-electron chi connectivity index (χ0n) is 14.2. The minimum Gasteiger partial charge on any atom is -0.484 e. The third-order valence-electron chi connectivity index (χ3n) is 3.34. The number of hydrogen-bond donors (Lipinski definition) is 1. The molecule has 0 atom stereocenters. The van der Waals surface area contributed by atoms with E-state index in [-0.39, 0.29) is 12.5 Å². The Morgan fingerprint density at radius 2 is 1.78 bits per heavy atom. The standard InChI is InChI=1S/C18H22N2O3/c1-11-6-12(2)8-16(7-11)22-10-18(21)20-19-14(4)17-9-13(3)23-15(17)5/h6-9H,10H2,1-5H3,(H,20,21)/b19-14-. The third-order valence-corrected chi connectivity index (χ3v) is 3.34. The summed E-state index contributed by atoms with van der Waals surface area (Å²) in [5, 5.41) is 4.09. The molecule has 1 aromatic carbocycles. The molecule has 0 spiro atoms. The predicted molar refractivity (Wildman–Crippen MR) is 89.9 cm³/mol. The van der Waals surface area contributed by atoms with E-state index in [0.29, 0.717) is 11.5 Å². The van der Waals surface area contributed by atoms with Crippen LogP contribution < -0.4 is 10.2 Å². The molecule has 1 amide bonds. The fourth-order valence-electron chi connectivity index (χ4n) is 2.39. The van der Waals surface area contributed by atoms with Gasteiger partial charge in [0.1, 0.15) is 17.3 Å². The highest BCUT2D eigenvalue weighted by atomic mass is 16.5. The summed E-state index contributed by atoms with van der Waals surface area (Å²) in [6.45, 7) is 9.46. The largest absolute Gasteiger partial charge is 0.484 e. The number of carbonyl (C=O) groups excluding carboxylic acids is 1. The zero-order chi connectivity index (χ0) is 17.0. The van der Waals surface area contributed by atoms with Gasteiger partial charge in [-0.25, -0.2) is 5.43 Å². The highest BCUT2D eigenvalue weighted by Gasteiger charge is 2.09. The number of furan rings is 1. The monoisotopic (exact) mass is 314 g/mol. The van der Waals surface area contributed by atoms with Crippen LogP contribution in [0.3, 0.4) is 0 Å². The first-order valence-electron chi connectivity index (χ1n) is 7.47. The molecule has 23 heavy (non-hydrogen) atoms. The van der Waals surface area contributed by atoms with E-state index in [1.54, 1.807) is 0 Å². The van der Waals surface area contributed by atoms with Crippen LogP contribution in [0, 0.1) is 27.7 Å². The molecule has 1 heterocycles. The number of rotatable bonds is 5. The lowest BCUT2D eigenvalue weighted by atomic mass is 10.1. The van der Waals surface area contributed by atoms with E-state index < -0.39 is 0 Å². The Hall–Kier alpha value is -2.56. The molecule has 0 unspecified atom stereocenters. The van der Waals surface area contributed by atoms with E-state index in [1.165, 1.54) is 0 Å². The Balaban J connectivity index is 1.92. The van der Waals surface area contributed by atoms with E-state index >= 15 is 0 Å². The van der Waals surface area contributed by atoms with Crippen LogP contribution in [0.5, 0.6) is 5.75 Å². The first kappa shape index (κ1) is 16.8. The molecule has 0 bridgehead atoms. The minimum atomic E-state index is -0.304. The molecule has 5 nitrogen and oxygen atoms in total. The van der Waals surface area contributed by atoms with Gasteiger partial charge in [0.2, 0.25) is 0 Å². The molecule has 0 aliphatic heterocycles. The molecule has 1 N–H and O–H groups in total. The van der Waals surface area contributed by atoms with Crippen molar-refractivity contribution in [3.8, 4) is 5.75 Å². The molecule has 0 fully saturated rings. The normalized spacial score (nSPS) is 11.4. The smallest absolute Gasteiger partial charge is 0.277 e. The topological polar surface area (TPSA) is 63.8 Å². The van der Waals surface area contributed by atoms with Gasteiger partial charge in [0.25, 0.3) is 5.91 Å². The second-order valence-electron chi connectivity index (χ2n) is 5.67. The quantitative estimate of drug-likeness (QED) is 0.679. The maximum absolute atomic E-state index is 11.8. The van der Waals surface area contributed by atoms with Gasteiger partial charge in [0.05, 0.1) is 5.71 Å². The maximum atomic E-state index is 11.8. The molecule has 2 rings (SSSR count). The van der Waals surface area contributed by atoms with E-state index in [4.69, 9.17) is 9.15 Å². The molecule has 122 valence electrons. The van der Waals surface area contributed by atoms with Crippen LogP contribution in [0.1, 0.15) is 35.1 Å². The molecule has 0 saturated carbocycles. The second kappa shape index (κ2) is 7.13. The van der Waals surface area contributed by atoms with Gasteiger partial charge in [-0.3, -0.25) is 4.79 Å². The van der Waals surface area contributed by atoms with Gasteiger partial charge in [0.15, 0.2) is 6.61 Å². The Labute approximate surface area is 136 Å². The third kappa shape index (κ3) is 4.71. The summed E-state index contributed by atoms with van der Waals surface area (Å²) in [5.41, 5.74) is 6.27. The van der Waals surface area contributed by atoms with Crippen LogP contribution in [0.15, 0.2) is 33.8 Å². The number of amides is 1. The highest BCUT2D eigenvalue weighted by molar-refractivity contribution is 6.00. The number of ether oxygens (including phenoxy) is 1. The molecule has 0 aliphatic rings. The van der Waals surface area contributed by atoms with Crippen LogP contribution in [0.25, 0.3) is 0 Å². The second-order valence-corrected chi connectivity index (χ2v) is 5.67. The average molecular weight is 314 g/mol. The molecule has 0 radical (unpaired) electrons. The molecule has 0 aliphatic carbocycles. The van der Waals surface area contributed by atoms with Crippen molar-refractivity contribution < 1.29 is 13.9 Å². The summed E-state index contributed by atoms with van der Waals surface area (Å²) >= 11 is 0. The average Bonchev–Trinajstić information content (AvgIpc) is 2.80. The Morgan fingerprint density at radius 1 is 1.13 bits per heavy atom. The van der Waals surface area contributed by atoms with Crippen molar-refractivity contribution in [2.75, 3.05) is 6.61 Å². The first-order chi connectivity index (χ1) is 10.8. The molecule has 0 saturated heterocycles. The van der Waals surface area contributed by atoms with Crippen molar-refractivity contribution >= 4 is 11.6 Å². The van der Waals surface area contributed by atoms with Crippen molar-refractivity contribution in [2.24, 2.45) is 5.10 Å². The van der Waals surface area contributed by atoms with E-state index in [0.717, 1.165) is 28.2 Å². The number of benzene rings is 1. The number of carbonyl (C=O) groups is 1. The Kier molecular flexibility index (Phi) is 5.21. The lowest BCUT2D eigenvalue weighted by molar-refractivity contribution is -0.123. The lowest BCUT2D eigenvalue weighted by Gasteiger charge is -2.07. The maximum Gasteiger partial charge on any atom is 0.277 e. The number of hydrogen-bond acceptors (Lipinski definition) is 4. The van der Waals surface area contributed by atoms with Crippen LogP contribution >= 0.6 is 0 Å². The molecular formula is C18H22N2O3. The van der Waals surface area contributed by atoms with Crippen molar-refractivity contribution in [1.82, 2.24) is 5.43 Å². The number of nitrogens with one attached hydrogen (secondary N) is 1. The van der Waals surface area contributed by atoms with E-state index in [1.807, 2.05) is 52.8 Å². The fraction of sp³-hybridized carbons (Fsp3) is 0.333. The van der Waals surface area contributed by atoms with Gasteiger partial charge < -0.3 is 9.15 Å². The van der Waals surface area contributed by atoms with Crippen molar-refractivity contribution in [2.45, 2.75) is 34.6 Å². The van der Waals surface area contributed by atoms with E-state index in [9.17, 15) is 4.79 Å². The van der Waals surface area contributed by atoms with Crippen molar-refractivity contribution in [1.29, 1.82) is 0 Å². The summed E-state index contributed by atoms with van der Waals surface area (Å²) in [4.78, 5) is 11.8. The molecule has 5 heteroatoms. The lowest BCUT2D eigenvalue weighted by Crippen LogP contribution is -2.25. The van der Waals surface area contributed by atoms with Gasteiger partial charge in [0, 0.05) is 5.56 Å². The van der Waals surface area contributed by atoms with Crippen LogP contribution in [0.4, 0.5) is 0 Å². The number of hydrazone groups is 1. The first-order valence-corrected chi connectivity index (χ1v) is 7.47. The summed E-state index contributed by atoms with van der Waals surface area (Å²) < 4.78 is 10.9. The number of aryl methyl sites for hydroxylation is 4. The van der Waals surface area contributed by atoms with Crippen molar-refractivity contribution in [3.63, 3.8) is 0 Å². The SMILES string of the molecule is C/C(=N/NC(=O)COc1cc(C)cc(C)c1)c1cc(C)oc1C. The molecule has 2 aromatic rings. The van der Waals surface area contributed by atoms with Gasteiger partial charge in [-0.05, 0) is 63.9 Å². The van der Waals surface area contributed by atoms with Crippen LogP contribution in [0.2, 0.25) is 0 Å². The molecular weight excluding hydrogens is 292 g/mol.